The lowest BCUT2D eigenvalue weighted by Gasteiger charge is -2.09. The van der Waals surface area contributed by atoms with Crippen LogP contribution in [0.4, 0.5) is 5.69 Å². The number of methoxy groups -OCH3 is 1. The molecule has 1 amide bonds. The van der Waals surface area contributed by atoms with Gasteiger partial charge in [-0.05, 0) is 29.8 Å². The van der Waals surface area contributed by atoms with Crippen molar-refractivity contribution in [3.05, 3.63) is 59.9 Å². The van der Waals surface area contributed by atoms with Crippen molar-refractivity contribution in [2.24, 2.45) is 0 Å². The van der Waals surface area contributed by atoms with Crippen LogP contribution in [0.15, 0.2) is 54.4 Å². The Balaban J connectivity index is 2.22. The summed E-state index contributed by atoms with van der Waals surface area (Å²) < 4.78 is 5.15. The highest BCUT2D eigenvalue weighted by Gasteiger charge is 2.11. The van der Waals surface area contributed by atoms with Gasteiger partial charge in [-0.2, -0.15) is 5.26 Å². The number of anilines is 1. The number of benzene rings is 1. The molecule has 0 radical (unpaired) electrons. The molecule has 1 N–H and O–H groups in total. The predicted octanol–water partition coefficient (Wildman–Crippen LogP) is 2.64. The largest absolute Gasteiger partial charge is 0.495 e. The zero-order chi connectivity index (χ0) is 15.1. The standard InChI is InChI=1S/C16H13N3O2/c1-21-15-7-3-2-6-14(15)19-16(20)13(10-17)9-12-5-4-8-18-11-12/h2-9,11H,1H3,(H,19,20)/b13-9+. The summed E-state index contributed by atoms with van der Waals surface area (Å²) >= 11 is 0. The van der Waals surface area contributed by atoms with Crippen LogP contribution < -0.4 is 10.1 Å². The van der Waals surface area contributed by atoms with E-state index in [4.69, 9.17) is 10.00 Å². The van der Waals surface area contributed by atoms with Crippen LogP contribution in [-0.4, -0.2) is 18.0 Å². The third-order valence-corrected chi connectivity index (χ3v) is 2.72. The third kappa shape index (κ3) is 3.67. The Kier molecular flexibility index (Phi) is 4.67. The van der Waals surface area contributed by atoms with Crippen molar-refractivity contribution in [2.45, 2.75) is 0 Å². The highest BCUT2D eigenvalue weighted by Crippen LogP contribution is 2.23. The normalized spacial score (nSPS) is 10.6. The van der Waals surface area contributed by atoms with Crippen LogP contribution in [0.25, 0.3) is 6.08 Å². The van der Waals surface area contributed by atoms with E-state index in [1.165, 1.54) is 13.2 Å². The lowest BCUT2D eigenvalue weighted by Crippen LogP contribution is -2.14. The molecule has 21 heavy (non-hydrogen) atoms. The fourth-order valence-electron chi connectivity index (χ4n) is 1.71. The average Bonchev–Trinajstić information content (AvgIpc) is 2.54. The fourth-order valence-corrected chi connectivity index (χ4v) is 1.71. The van der Waals surface area contributed by atoms with Crippen LogP contribution in [0.2, 0.25) is 0 Å². The van der Waals surface area contributed by atoms with E-state index in [0.29, 0.717) is 17.0 Å². The summed E-state index contributed by atoms with van der Waals surface area (Å²) in [7, 11) is 1.52. The number of carbonyl (C=O) groups is 1. The number of carbonyl (C=O) groups excluding carboxylic acids is 1. The van der Waals surface area contributed by atoms with E-state index in [1.807, 2.05) is 6.07 Å². The lowest BCUT2D eigenvalue weighted by atomic mass is 10.1. The minimum atomic E-state index is -0.495. The number of amides is 1. The van der Waals surface area contributed by atoms with Gasteiger partial charge in [0.15, 0.2) is 0 Å². The van der Waals surface area contributed by atoms with Crippen molar-refractivity contribution in [1.29, 1.82) is 5.26 Å². The molecule has 0 saturated heterocycles. The first-order valence-electron chi connectivity index (χ1n) is 6.21. The molecule has 104 valence electrons. The van der Waals surface area contributed by atoms with Crippen LogP contribution in [0, 0.1) is 11.3 Å². The molecule has 0 atom stereocenters. The van der Waals surface area contributed by atoms with Gasteiger partial charge in [-0.1, -0.05) is 18.2 Å². The Bertz CT molecular complexity index is 703. The highest BCUT2D eigenvalue weighted by atomic mass is 16.5. The monoisotopic (exact) mass is 279 g/mol. The second-order valence-corrected chi connectivity index (χ2v) is 4.11. The van der Waals surface area contributed by atoms with Gasteiger partial charge in [0, 0.05) is 12.4 Å². The molecule has 2 aromatic rings. The molecule has 0 spiro atoms. The van der Waals surface area contributed by atoms with Crippen molar-refractivity contribution in [1.82, 2.24) is 4.98 Å². The Morgan fingerprint density at radius 1 is 1.33 bits per heavy atom. The van der Waals surface area contributed by atoms with E-state index in [0.717, 1.165) is 0 Å². The van der Waals surface area contributed by atoms with Crippen molar-refractivity contribution in [3.63, 3.8) is 0 Å². The summed E-state index contributed by atoms with van der Waals surface area (Å²) in [6, 6.07) is 12.4. The van der Waals surface area contributed by atoms with E-state index >= 15 is 0 Å². The Morgan fingerprint density at radius 2 is 2.14 bits per heavy atom. The first-order valence-corrected chi connectivity index (χ1v) is 6.21. The van der Waals surface area contributed by atoms with Gasteiger partial charge >= 0.3 is 0 Å². The summed E-state index contributed by atoms with van der Waals surface area (Å²) in [6.07, 6.45) is 4.68. The van der Waals surface area contributed by atoms with E-state index in [9.17, 15) is 4.79 Å². The Morgan fingerprint density at radius 3 is 2.81 bits per heavy atom. The molecule has 2 rings (SSSR count). The second kappa shape index (κ2) is 6.87. The summed E-state index contributed by atoms with van der Waals surface area (Å²) in [4.78, 5) is 16.1. The summed E-state index contributed by atoms with van der Waals surface area (Å²) in [5.74, 6) is 0.0374. The van der Waals surface area contributed by atoms with Crippen molar-refractivity contribution in [3.8, 4) is 11.8 Å². The lowest BCUT2D eigenvalue weighted by molar-refractivity contribution is -0.112. The van der Waals surface area contributed by atoms with Crippen molar-refractivity contribution >= 4 is 17.7 Å². The smallest absolute Gasteiger partial charge is 0.266 e. The van der Waals surface area contributed by atoms with Gasteiger partial charge in [0.05, 0.1) is 12.8 Å². The topological polar surface area (TPSA) is 75.0 Å². The third-order valence-electron chi connectivity index (χ3n) is 2.72. The Hall–Kier alpha value is -3.13. The maximum Gasteiger partial charge on any atom is 0.266 e. The number of hydrogen-bond acceptors (Lipinski definition) is 4. The highest BCUT2D eigenvalue weighted by molar-refractivity contribution is 6.10. The number of nitriles is 1. The molecular weight excluding hydrogens is 266 g/mol. The van der Waals surface area contributed by atoms with Crippen molar-refractivity contribution in [2.75, 3.05) is 12.4 Å². The minimum Gasteiger partial charge on any atom is -0.495 e. The number of nitrogens with one attached hydrogen (secondary N) is 1. The molecular formula is C16H13N3O2. The molecule has 1 aromatic carbocycles. The molecule has 0 bridgehead atoms. The van der Waals surface area contributed by atoms with Crippen LogP contribution >= 0.6 is 0 Å². The van der Waals surface area contributed by atoms with E-state index < -0.39 is 5.91 Å². The number of hydrogen-bond donors (Lipinski definition) is 1. The maximum atomic E-state index is 12.1. The first kappa shape index (κ1) is 14.3. The summed E-state index contributed by atoms with van der Waals surface area (Å²) in [6.45, 7) is 0. The molecule has 5 heteroatoms. The quantitative estimate of drug-likeness (QED) is 0.689. The number of ether oxygens (including phenoxy) is 1. The molecule has 0 aliphatic heterocycles. The number of nitrogens with zero attached hydrogens (tertiary/aromatic N) is 2. The van der Waals surface area contributed by atoms with E-state index in [2.05, 4.69) is 10.3 Å². The molecule has 0 fully saturated rings. The number of rotatable bonds is 4. The SMILES string of the molecule is COc1ccccc1NC(=O)/C(C#N)=C/c1cccnc1. The van der Waals surface area contributed by atoms with Gasteiger partial charge in [-0.15, -0.1) is 0 Å². The van der Waals surface area contributed by atoms with Gasteiger partial charge in [0.25, 0.3) is 5.91 Å². The molecule has 0 saturated carbocycles. The van der Waals surface area contributed by atoms with Crippen LogP contribution in [0.3, 0.4) is 0 Å². The number of aromatic nitrogens is 1. The number of para-hydroxylation sites is 2. The van der Waals surface area contributed by atoms with E-state index in [1.54, 1.807) is 48.8 Å². The molecule has 1 aromatic heterocycles. The maximum absolute atomic E-state index is 12.1. The van der Waals surface area contributed by atoms with Crippen LogP contribution in [0.5, 0.6) is 5.75 Å². The molecule has 0 aliphatic carbocycles. The average molecular weight is 279 g/mol. The zero-order valence-corrected chi connectivity index (χ0v) is 11.4. The molecule has 1 heterocycles. The minimum absolute atomic E-state index is 0.00564. The van der Waals surface area contributed by atoms with Crippen molar-refractivity contribution < 1.29 is 9.53 Å². The summed E-state index contributed by atoms with van der Waals surface area (Å²) in [5, 5.41) is 11.8. The summed E-state index contributed by atoms with van der Waals surface area (Å²) in [5.41, 5.74) is 1.19. The molecule has 5 nitrogen and oxygen atoms in total. The van der Waals surface area contributed by atoms with Crippen LogP contribution in [-0.2, 0) is 4.79 Å². The second-order valence-electron chi connectivity index (χ2n) is 4.11. The van der Waals surface area contributed by atoms with Gasteiger partial charge in [0.1, 0.15) is 17.4 Å². The molecule has 0 aliphatic rings. The number of pyridine rings is 1. The van der Waals surface area contributed by atoms with Crippen LogP contribution in [0.1, 0.15) is 5.56 Å². The van der Waals surface area contributed by atoms with E-state index in [-0.39, 0.29) is 5.57 Å². The van der Waals surface area contributed by atoms with Gasteiger partial charge in [0.2, 0.25) is 0 Å². The predicted molar refractivity (Wildman–Crippen MR) is 79.5 cm³/mol. The van der Waals surface area contributed by atoms with Gasteiger partial charge in [-0.25, -0.2) is 0 Å². The van der Waals surface area contributed by atoms with Gasteiger partial charge in [-0.3, -0.25) is 9.78 Å². The Labute approximate surface area is 122 Å². The first-order chi connectivity index (χ1) is 10.2. The zero-order valence-electron chi connectivity index (χ0n) is 11.4. The molecule has 0 unspecified atom stereocenters. The van der Waals surface area contributed by atoms with Gasteiger partial charge < -0.3 is 10.1 Å². The fraction of sp³-hybridized carbons (Fsp3) is 0.0625.